The predicted octanol–water partition coefficient (Wildman–Crippen LogP) is 4.78. The third-order valence-corrected chi connectivity index (χ3v) is 6.23. The number of amidine groups is 1. The largest absolute Gasteiger partial charge is 0.490 e. The van der Waals surface area contributed by atoms with E-state index in [0.717, 1.165) is 28.9 Å². The van der Waals surface area contributed by atoms with E-state index < -0.39 is 0 Å². The summed E-state index contributed by atoms with van der Waals surface area (Å²) in [6.45, 7) is 10.6. The topological polar surface area (TPSA) is 47.0 Å². The van der Waals surface area contributed by atoms with Crippen molar-refractivity contribution < 1.29 is 9.47 Å². The number of hydrogen-bond acceptors (Lipinski definition) is 6. The third kappa shape index (κ3) is 3.46. The van der Waals surface area contributed by atoms with Gasteiger partial charge in [-0.05, 0) is 56.2 Å². The molecule has 0 spiro atoms. The zero-order valence-corrected chi connectivity index (χ0v) is 17.7. The lowest BCUT2D eigenvalue weighted by Gasteiger charge is -2.29. The molecular weight excluding hydrogens is 370 g/mol. The minimum Gasteiger partial charge on any atom is -0.490 e. The standard InChI is InChI=1S/C22H27N3O2S/c1-5-26-18-11-14(3)16(12-19(18)27-6-2)21-20(17-9-7-8-10-23-17)24-22-25(21)13-15(4)28-22/h7-12,15,20-21H,5-6,13H2,1-4H3/t15-,20+,21-/m1/s1. The summed E-state index contributed by atoms with van der Waals surface area (Å²) in [7, 11) is 0. The van der Waals surface area contributed by atoms with E-state index in [-0.39, 0.29) is 12.1 Å². The molecule has 0 radical (unpaired) electrons. The zero-order valence-electron chi connectivity index (χ0n) is 16.9. The highest BCUT2D eigenvalue weighted by molar-refractivity contribution is 8.14. The molecule has 0 saturated carbocycles. The van der Waals surface area contributed by atoms with Crippen molar-refractivity contribution in [3.8, 4) is 11.5 Å². The fourth-order valence-corrected chi connectivity index (χ4v) is 5.08. The quantitative estimate of drug-likeness (QED) is 0.702. The Labute approximate surface area is 171 Å². The summed E-state index contributed by atoms with van der Waals surface area (Å²) < 4.78 is 11.7. The number of hydrogen-bond donors (Lipinski definition) is 0. The van der Waals surface area contributed by atoms with Crippen molar-refractivity contribution in [3.05, 3.63) is 53.3 Å². The minimum absolute atomic E-state index is 0.0117. The van der Waals surface area contributed by atoms with Gasteiger partial charge < -0.3 is 14.4 Å². The molecule has 0 aliphatic carbocycles. The first kappa shape index (κ1) is 19.1. The molecule has 0 amide bonds. The second-order valence-corrected chi connectivity index (χ2v) is 8.56. The van der Waals surface area contributed by atoms with Crippen molar-refractivity contribution in [2.24, 2.45) is 4.99 Å². The van der Waals surface area contributed by atoms with E-state index in [4.69, 9.17) is 14.5 Å². The normalized spacial score (nSPS) is 23.5. The fourth-order valence-electron chi connectivity index (χ4n) is 3.99. The maximum atomic E-state index is 5.92. The van der Waals surface area contributed by atoms with Crippen molar-refractivity contribution in [1.82, 2.24) is 9.88 Å². The Morgan fingerprint density at radius 2 is 1.89 bits per heavy atom. The van der Waals surface area contributed by atoms with Gasteiger partial charge in [0.05, 0.1) is 24.9 Å². The summed E-state index contributed by atoms with van der Waals surface area (Å²) in [6.07, 6.45) is 1.85. The molecule has 28 heavy (non-hydrogen) atoms. The molecule has 1 fully saturated rings. The van der Waals surface area contributed by atoms with E-state index in [2.05, 4.69) is 41.9 Å². The second kappa shape index (κ2) is 8.03. The highest BCUT2D eigenvalue weighted by Crippen LogP contribution is 2.49. The molecule has 1 saturated heterocycles. The Kier molecular flexibility index (Phi) is 5.49. The van der Waals surface area contributed by atoms with Gasteiger partial charge in [-0.3, -0.25) is 9.98 Å². The van der Waals surface area contributed by atoms with Crippen LogP contribution in [0.5, 0.6) is 11.5 Å². The van der Waals surface area contributed by atoms with E-state index in [1.54, 1.807) is 0 Å². The van der Waals surface area contributed by atoms with E-state index in [1.807, 2.05) is 43.9 Å². The lowest BCUT2D eigenvalue weighted by Crippen LogP contribution is -2.29. The van der Waals surface area contributed by atoms with Crippen LogP contribution in [0.15, 0.2) is 41.5 Å². The molecule has 1 aromatic heterocycles. The van der Waals surface area contributed by atoms with Crippen LogP contribution in [0.4, 0.5) is 0 Å². The van der Waals surface area contributed by atoms with Crippen LogP contribution in [0.25, 0.3) is 0 Å². The number of pyridine rings is 1. The molecule has 1 aromatic carbocycles. The molecule has 2 aliphatic rings. The summed E-state index contributed by atoms with van der Waals surface area (Å²) in [5, 5.41) is 1.67. The first-order valence-electron chi connectivity index (χ1n) is 9.94. The number of nitrogens with zero attached hydrogens (tertiary/aromatic N) is 3. The van der Waals surface area contributed by atoms with Crippen LogP contribution >= 0.6 is 11.8 Å². The summed E-state index contributed by atoms with van der Waals surface area (Å²) in [4.78, 5) is 12.1. The zero-order chi connectivity index (χ0) is 19.7. The monoisotopic (exact) mass is 397 g/mol. The smallest absolute Gasteiger partial charge is 0.161 e. The number of thioether (sulfide) groups is 1. The molecular formula is C22H27N3O2S. The van der Waals surface area contributed by atoms with Gasteiger partial charge >= 0.3 is 0 Å². The summed E-state index contributed by atoms with van der Waals surface area (Å²) in [5.74, 6) is 1.61. The third-order valence-electron chi connectivity index (χ3n) is 5.13. The molecule has 0 unspecified atom stereocenters. The minimum atomic E-state index is -0.0117. The number of aryl methyl sites for hydroxylation is 1. The van der Waals surface area contributed by atoms with Gasteiger partial charge in [0.2, 0.25) is 0 Å². The summed E-state index contributed by atoms with van der Waals surface area (Å²) >= 11 is 1.86. The Hall–Kier alpha value is -2.21. The molecule has 0 N–H and O–H groups in total. The van der Waals surface area contributed by atoms with Gasteiger partial charge in [0.1, 0.15) is 6.04 Å². The lowest BCUT2D eigenvalue weighted by atomic mass is 9.92. The fraction of sp³-hybridized carbons (Fsp3) is 0.455. The van der Waals surface area contributed by atoms with Crippen LogP contribution in [-0.2, 0) is 0 Å². The van der Waals surface area contributed by atoms with Crippen LogP contribution in [-0.4, -0.2) is 40.1 Å². The van der Waals surface area contributed by atoms with Crippen molar-refractivity contribution in [2.75, 3.05) is 19.8 Å². The summed E-state index contributed by atoms with van der Waals surface area (Å²) in [5.41, 5.74) is 3.43. The first-order chi connectivity index (χ1) is 13.6. The highest BCUT2D eigenvalue weighted by atomic mass is 32.2. The number of aliphatic imine (C=N–C) groups is 1. The maximum Gasteiger partial charge on any atom is 0.161 e. The number of aromatic nitrogens is 1. The molecule has 3 heterocycles. The molecule has 2 aliphatic heterocycles. The van der Waals surface area contributed by atoms with Crippen molar-refractivity contribution in [2.45, 2.75) is 45.0 Å². The van der Waals surface area contributed by atoms with Crippen molar-refractivity contribution >= 4 is 16.9 Å². The molecule has 4 rings (SSSR count). The molecule has 2 aromatic rings. The number of ether oxygens (including phenoxy) is 2. The van der Waals surface area contributed by atoms with Gasteiger partial charge in [-0.1, -0.05) is 24.8 Å². The molecule has 6 heteroatoms. The molecule has 5 nitrogen and oxygen atoms in total. The van der Waals surface area contributed by atoms with Gasteiger partial charge in [-0.2, -0.15) is 0 Å². The van der Waals surface area contributed by atoms with Gasteiger partial charge in [-0.15, -0.1) is 0 Å². The maximum absolute atomic E-state index is 5.92. The van der Waals surface area contributed by atoms with Gasteiger partial charge in [-0.25, -0.2) is 0 Å². The van der Waals surface area contributed by atoms with Gasteiger partial charge in [0.25, 0.3) is 0 Å². The van der Waals surface area contributed by atoms with E-state index >= 15 is 0 Å². The van der Waals surface area contributed by atoms with Crippen LogP contribution in [0.2, 0.25) is 0 Å². The van der Waals surface area contributed by atoms with Crippen molar-refractivity contribution in [1.29, 1.82) is 0 Å². The predicted molar refractivity (Wildman–Crippen MR) is 114 cm³/mol. The Morgan fingerprint density at radius 1 is 1.14 bits per heavy atom. The van der Waals surface area contributed by atoms with Crippen LogP contribution in [0.1, 0.15) is 49.7 Å². The van der Waals surface area contributed by atoms with Crippen LogP contribution in [0, 0.1) is 6.92 Å². The van der Waals surface area contributed by atoms with Crippen LogP contribution < -0.4 is 9.47 Å². The van der Waals surface area contributed by atoms with Gasteiger partial charge in [0.15, 0.2) is 16.7 Å². The summed E-state index contributed by atoms with van der Waals surface area (Å²) in [6, 6.07) is 10.4. The Balaban J connectivity index is 1.79. The van der Waals surface area contributed by atoms with E-state index in [0.29, 0.717) is 18.5 Å². The Morgan fingerprint density at radius 3 is 2.57 bits per heavy atom. The number of rotatable bonds is 6. The number of fused-ring (bicyclic) bond motifs is 1. The second-order valence-electron chi connectivity index (χ2n) is 7.16. The Bertz CT molecular complexity index is 872. The molecule has 3 atom stereocenters. The number of benzene rings is 1. The van der Waals surface area contributed by atoms with E-state index in [1.165, 1.54) is 11.1 Å². The highest BCUT2D eigenvalue weighted by Gasteiger charge is 2.44. The average molecular weight is 398 g/mol. The van der Waals surface area contributed by atoms with Gasteiger partial charge in [0, 0.05) is 18.0 Å². The lowest BCUT2D eigenvalue weighted by molar-refractivity contribution is 0.283. The average Bonchev–Trinajstić information content (AvgIpc) is 3.21. The van der Waals surface area contributed by atoms with E-state index in [9.17, 15) is 0 Å². The van der Waals surface area contributed by atoms with Crippen LogP contribution in [0.3, 0.4) is 0 Å². The molecule has 0 bridgehead atoms. The first-order valence-corrected chi connectivity index (χ1v) is 10.8. The van der Waals surface area contributed by atoms with Crippen molar-refractivity contribution in [3.63, 3.8) is 0 Å². The molecule has 148 valence electrons. The SMILES string of the molecule is CCOc1cc(C)c([C@@H]2[C@H](c3ccccn3)N=C3S[C@H](C)CN32)cc1OCC.